The van der Waals surface area contributed by atoms with Crippen molar-refractivity contribution in [1.82, 2.24) is 5.32 Å². The summed E-state index contributed by atoms with van der Waals surface area (Å²) in [7, 11) is 0. The van der Waals surface area contributed by atoms with Gasteiger partial charge in [0.2, 0.25) is 5.91 Å². The van der Waals surface area contributed by atoms with Gasteiger partial charge in [-0.1, -0.05) is 30.7 Å². The Kier molecular flexibility index (Phi) is 5.29. The SMILES string of the molecule is CC(Cc1ccc(Cl)cc1)C(=O)NCCO. The Balaban J connectivity index is 2.47. The number of hydrogen-bond acceptors (Lipinski definition) is 2. The fourth-order valence-corrected chi connectivity index (χ4v) is 1.55. The molecule has 3 nitrogen and oxygen atoms in total. The molecule has 0 radical (unpaired) electrons. The molecule has 2 N–H and O–H groups in total. The third kappa shape index (κ3) is 4.21. The molecule has 0 heterocycles. The van der Waals surface area contributed by atoms with Crippen molar-refractivity contribution in [3.63, 3.8) is 0 Å². The fourth-order valence-electron chi connectivity index (χ4n) is 1.42. The third-order valence-electron chi connectivity index (χ3n) is 2.31. The largest absolute Gasteiger partial charge is 0.395 e. The van der Waals surface area contributed by atoms with Crippen LogP contribution in [-0.2, 0) is 11.2 Å². The van der Waals surface area contributed by atoms with Gasteiger partial charge in [0, 0.05) is 17.5 Å². The van der Waals surface area contributed by atoms with Gasteiger partial charge in [-0.3, -0.25) is 4.79 Å². The Morgan fingerprint density at radius 1 is 1.44 bits per heavy atom. The summed E-state index contributed by atoms with van der Waals surface area (Å²) in [6, 6.07) is 7.46. The van der Waals surface area contributed by atoms with Gasteiger partial charge in [0.1, 0.15) is 0 Å². The Bertz CT molecular complexity index is 337. The Hall–Kier alpha value is -1.06. The van der Waals surface area contributed by atoms with Crippen LogP contribution in [0.5, 0.6) is 0 Å². The molecule has 0 aliphatic carbocycles. The number of aliphatic hydroxyl groups is 1. The van der Waals surface area contributed by atoms with E-state index in [1.54, 1.807) is 0 Å². The van der Waals surface area contributed by atoms with Gasteiger partial charge >= 0.3 is 0 Å². The van der Waals surface area contributed by atoms with Crippen molar-refractivity contribution in [2.45, 2.75) is 13.3 Å². The topological polar surface area (TPSA) is 49.3 Å². The average molecular weight is 242 g/mol. The standard InChI is InChI=1S/C12H16ClNO2/c1-9(12(16)14-6-7-15)8-10-2-4-11(13)5-3-10/h2-5,9,15H,6-8H2,1H3,(H,14,16). The molecule has 16 heavy (non-hydrogen) atoms. The molecule has 0 aromatic heterocycles. The molecule has 0 aliphatic heterocycles. The van der Waals surface area contributed by atoms with Crippen LogP contribution in [0.2, 0.25) is 5.02 Å². The lowest BCUT2D eigenvalue weighted by atomic mass is 10.0. The van der Waals surface area contributed by atoms with Crippen LogP contribution in [0.15, 0.2) is 24.3 Å². The maximum absolute atomic E-state index is 11.5. The van der Waals surface area contributed by atoms with Crippen LogP contribution in [0.3, 0.4) is 0 Å². The third-order valence-corrected chi connectivity index (χ3v) is 2.57. The molecule has 0 saturated heterocycles. The fraction of sp³-hybridized carbons (Fsp3) is 0.417. The highest BCUT2D eigenvalue weighted by Crippen LogP contribution is 2.13. The minimum Gasteiger partial charge on any atom is -0.395 e. The maximum atomic E-state index is 11.5. The second kappa shape index (κ2) is 6.51. The molecule has 0 bridgehead atoms. The number of nitrogens with one attached hydrogen (secondary N) is 1. The first-order chi connectivity index (χ1) is 7.63. The maximum Gasteiger partial charge on any atom is 0.223 e. The van der Waals surface area contributed by atoms with Crippen molar-refractivity contribution in [3.05, 3.63) is 34.9 Å². The lowest BCUT2D eigenvalue weighted by Crippen LogP contribution is -2.32. The van der Waals surface area contributed by atoms with Crippen molar-refractivity contribution in [2.75, 3.05) is 13.2 Å². The van der Waals surface area contributed by atoms with Crippen LogP contribution in [0.25, 0.3) is 0 Å². The number of hydrogen-bond donors (Lipinski definition) is 2. The lowest BCUT2D eigenvalue weighted by Gasteiger charge is -2.11. The predicted molar refractivity (Wildman–Crippen MR) is 64.4 cm³/mol. The van der Waals surface area contributed by atoms with Gasteiger partial charge in [-0.15, -0.1) is 0 Å². The predicted octanol–water partition coefficient (Wildman–Crippen LogP) is 1.63. The summed E-state index contributed by atoms with van der Waals surface area (Å²) in [6.07, 6.45) is 0.675. The number of rotatable bonds is 5. The normalized spacial score (nSPS) is 12.2. The summed E-state index contributed by atoms with van der Waals surface area (Å²) < 4.78 is 0. The van der Waals surface area contributed by atoms with Crippen molar-refractivity contribution in [1.29, 1.82) is 0 Å². The van der Waals surface area contributed by atoms with Gasteiger partial charge in [-0.25, -0.2) is 0 Å². The van der Waals surface area contributed by atoms with E-state index in [9.17, 15) is 4.79 Å². The smallest absolute Gasteiger partial charge is 0.223 e. The first-order valence-corrected chi connectivity index (χ1v) is 5.64. The highest BCUT2D eigenvalue weighted by Gasteiger charge is 2.12. The van der Waals surface area contributed by atoms with E-state index < -0.39 is 0 Å². The van der Waals surface area contributed by atoms with Crippen LogP contribution in [-0.4, -0.2) is 24.2 Å². The van der Waals surface area contributed by atoms with Gasteiger partial charge in [-0.2, -0.15) is 0 Å². The van der Waals surface area contributed by atoms with Gasteiger partial charge in [-0.05, 0) is 24.1 Å². The summed E-state index contributed by atoms with van der Waals surface area (Å²) in [6.45, 7) is 2.14. The van der Waals surface area contributed by atoms with E-state index >= 15 is 0 Å². The van der Waals surface area contributed by atoms with Crippen LogP contribution in [0.4, 0.5) is 0 Å². The summed E-state index contributed by atoms with van der Waals surface area (Å²) in [5.41, 5.74) is 1.08. The van der Waals surface area contributed by atoms with Crippen molar-refractivity contribution < 1.29 is 9.90 Å². The molecule has 88 valence electrons. The van der Waals surface area contributed by atoms with E-state index in [4.69, 9.17) is 16.7 Å². The van der Waals surface area contributed by atoms with E-state index in [0.717, 1.165) is 5.56 Å². The van der Waals surface area contributed by atoms with Crippen molar-refractivity contribution in [2.24, 2.45) is 5.92 Å². The zero-order valence-corrected chi connectivity index (χ0v) is 10.00. The molecular weight excluding hydrogens is 226 g/mol. The van der Waals surface area contributed by atoms with Crippen molar-refractivity contribution in [3.8, 4) is 0 Å². The molecule has 1 aromatic rings. The van der Waals surface area contributed by atoms with Crippen LogP contribution in [0.1, 0.15) is 12.5 Å². The Labute approximate surface area is 100 Å². The van der Waals surface area contributed by atoms with Gasteiger partial charge in [0.05, 0.1) is 6.61 Å². The van der Waals surface area contributed by atoms with Crippen LogP contribution < -0.4 is 5.32 Å². The summed E-state index contributed by atoms with van der Waals surface area (Å²) in [5.74, 6) is -0.142. The second-order valence-corrected chi connectivity index (χ2v) is 4.18. The number of carbonyl (C=O) groups is 1. The van der Waals surface area contributed by atoms with Crippen molar-refractivity contribution >= 4 is 17.5 Å². The van der Waals surface area contributed by atoms with Gasteiger partial charge in [0.15, 0.2) is 0 Å². The molecule has 0 fully saturated rings. The van der Waals surface area contributed by atoms with Crippen LogP contribution >= 0.6 is 11.6 Å². The average Bonchev–Trinajstić information content (AvgIpc) is 2.29. The minimum absolute atomic E-state index is 0.0284. The quantitative estimate of drug-likeness (QED) is 0.823. The summed E-state index contributed by atoms with van der Waals surface area (Å²) >= 11 is 5.77. The number of benzene rings is 1. The second-order valence-electron chi connectivity index (χ2n) is 3.75. The molecule has 1 aromatic carbocycles. The summed E-state index contributed by atoms with van der Waals surface area (Å²) in [4.78, 5) is 11.5. The number of aliphatic hydroxyl groups excluding tert-OH is 1. The molecule has 0 aliphatic rings. The lowest BCUT2D eigenvalue weighted by molar-refractivity contribution is -0.124. The molecule has 0 spiro atoms. The van der Waals surface area contributed by atoms with Gasteiger partial charge in [0.25, 0.3) is 0 Å². The van der Waals surface area contributed by atoms with E-state index in [1.807, 2.05) is 31.2 Å². The monoisotopic (exact) mass is 241 g/mol. The minimum atomic E-state index is -0.104. The Morgan fingerprint density at radius 3 is 2.62 bits per heavy atom. The molecular formula is C12H16ClNO2. The van der Waals surface area contributed by atoms with E-state index in [1.165, 1.54) is 0 Å². The van der Waals surface area contributed by atoms with Crippen LogP contribution in [0, 0.1) is 5.92 Å². The summed E-state index contributed by atoms with van der Waals surface area (Å²) in [5, 5.41) is 11.9. The first kappa shape index (κ1) is 13.0. The molecule has 4 heteroatoms. The Morgan fingerprint density at radius 2 is 2.06 bits per heavy atom. The molecule has 0 saturated carbocycles. The number of halogens is 1. The van der Waals surface area contributed by atoms with E-state index in [2.05, 4.69) is 5.32 Å². The molecule has 1 atom stereocenters. The molecule has 1 rings (SSSR count). The molecule has 1 amide bonds. The van der Waals surface area contributed by atoms with E-state index in [0.29, 0.717) is 18.0 Å². The molecule has 1 unspecified atom stereocenters. The zero-order chi connectivity index (χ0) is 12.0. The van der Waals surface area contributed by atoms with E-state index in [-0.39, 0.29) is 18.4 Å². The highest BCUT2D eigenvalue weighted by molar-refractivity contribution is 6.30. The van der Waals surface area contributed by atoms with Gasteiger partial charge < -0.3 is 10.4 Å². The first-order valence-electron chi connectivity index (χ1n) is 5.26. The number of carbonyl (C=O) groups excluding carboxylic acids is 1. The number of amides is 1. The zero-order valence-electron chi connectivity index (χ0n) is 9.24. The highest BCUT2D eigenvalue weighted by atomic mass is 35.5.